The van der Waals surface area contributed by atoms with Gasteiger partial charge in [-0.05, 0) is 12.5 Å². The maximum atomic E-state index is 12.6. The molecule has 0 bridgehead atoms. The average molecular weight is 507 g/mol. The molecule has 0 spiro atoms. The molecule has 2 aliphatic rings. The minimum Gasteiger partial charge on any atom is -0.543 e. The Morgan fingerprint density at radius 3 is 2.81 bits per heavy atom. The Labute approximate surface area is 215 Å². The van der Waals surface area contributed by atoms with E-state index in [2.05, 4.69) is 20.5 Å². The Hall–Kier alpha value is -1.16. The van der Waals surface area contributed by atoms with Crippen LogP contribution in [0.15, 0.2) is 21.0 Å². The van der Waals surface area contributed by atoms with Gasteiger partial charge in [0.05, 0.1) is 23.8 Å². The average Bonchev–Trinajstić information content (AvgIpc) is 3.31. The second kappa shape index (κ2) is 10.2. The maximum Gasteiger partial charge on any atom is 1.00 e. The van der Waals surface area contributed by atoms with Crippen molar-refractivity contribution in [1.82, 2.24) is 25.4 Å². The molecule has 3 N–H and O–H groups in total. The van der Waals surface area contributed by atoms with Crippen LogP contribution in [-0.4, -0.2) is 60.8 Å². The molecule has 2 aromatic rings. The topological polar surface area (TPSA) is 154 Å². The number of β-lactam (4-membered cyclic amide) rings is 1. The summed E-state index contributed by atoms with van der Waals surface area (Å²) in [6, 6.07) is -0.784. The third-order valence-corrected chi connectivity index (χ3v) is 8.47. The number of thioether (sulfide) groups is 2. The fraction of sp³-hybridized carbons (Fsp3) is 0.375. The number of nitrogens with two attached hydrogens (primary N) is 1. The van der Waals surface area contributed by atoms with Gasteiger partial charge in [0.15, 0.2) is 9.47 Å². The molecule has 1 unspecified atom stereocenters. The fourth-order valence-corrected chi connectivity index (χ4v) is 6.92. The molecule has 31 heavy (non-hydrogen) atoms. The first-order valence-electron chi connectivity index (χ1n) is 8.63. The number of nitrogens with zero attached hydrogens (tertiary/aromatic N) is 4. The number of thiazole rings is 1. The molecule has 0 aromatic carbocycles. The van der Waals surface area contributed by atoms with Crippen LogP contribution in [-0.2, 0) is 20.8 Å². The number of nitrogen functional groups attached to an aromatic ring is 1. The number of carboxylic acids is 1. The number of aryl methyl sites for hydroxylation is 1. The van der Waals surface area contributed by atoms with E-state index in [4.69, 9.17) is 5.73 Å². The number of amides is 2. The summed E-state index contributed by atoms with van der Waals surface area (Å²) in [7, 11) is 0. The van der Waals surface area contributed by atoms with Crippen LogP contribution in [0.2, 0.25) is 0 Å². The second-order valence-corrected chi connectivity index (χ2v) is 10.8. The van der Waals surface area contributed by atoms with E-state index in [-0.39, 0.29) is 47.6 Å². The van der Waals surface area contributed by atoms with E-state index in [1.165, 1.54) is 51.1 Å². The molecule has 0 saturated carbocycles. The molecule has 2 aliphatic heterocycles. The van der Waals surface area contributed by atoms with Crippen LogP contribution < -0.4 is 45.7 Å². The Bertz CT molecular complexity index is 1060. The van der Waals surface area contributed by atoms with Crippen LogP contribution in [0.4, 0.5) is 5.13 Å². The van der Waals surface area contributed by atoms with Gasteiger partial charge in [-0.25, -0.2) is 4.98 Å². The Morgan fingerprint density at radius 2 is 2.19 bits per heavy atom. The normalized spacial score (nSPS) is 20.0. The SMILES string of the molecule is Cc1nnc(SCC2=C(C(=O)[O-])N3C(=O)C(NC(=O)Cc4csc(N)n4)[C@H]3SC2)s1.[Na+]. The number of rotatable bonds is 7. The first-order valence-corrected chi connectivity index (χ1v) is 12.4. The third-order valence-electron chi connectivity index (χ3n) is 4.35. The van der Waals surface area contributed by atoms with Crippen molar-refractivity contribution in [3.63, 3.8) is 0 Å². The van der Waals surface area contributed by atoms with Crippen molar-refractivity contribution < 1.29 is 49.0 Å². The van der Waals surface area contributed by atoms with Gasteiger partial charge in [0.25, 0.3) is 5.91 Å². The minimum absolute atomic E-state index is 0. The predicted octanol–water partition coefficient (Wildman–Crippen LogP) is -3.37. The minimum atomic E-state index is -1.40. The summed E-state index contributed by atoms with van der Waals surface area (Å²) in [4.78, 5) is 41.9. The number of carbonyl (C=O) groups excluding carboxylic acids is 3. The van der Waals surface area contributed by atoms with Crippen LogP contribution in [0.25, 0.3) is 0 Å². The molecule has 4 heterocycles. The largest absolute Gasteiger partial charge is 1.00 e. The number of carbonyl (C=O) groups is 3. The number of hydrogen-bond donors (Lipinski definition) is 2. The van der Waals surface area contributed by atoms with Gasteiger partial charge in [0.1, 0.15) is 16.4 Å². The van der Waals surface area contributed by atoms with Crippen molar-refractivity contribution in [3.8, 4) is 0 Å². The molecule has 1 fully saturated rings. The summed E-state index contributed by atoms with van der Waals surface area (Å²) in [6.07, 6.45) is 0.00120. The van der Waals surface area contributed by atoms with E-state index < -0.39 is 23.3 Å². The van der Waals surface area contributed by atoms with Gasteiger partial charge in [-0.15, -0.1) is 33.3 Å². The number of aliphatic carboxylic acids is 1. The van der Waals surface area contributed by atoms with Crippen LogP contribution in [0.1, 0.15) is 10.7 Å². The van der Waals surface area contributed by atoms with Gasteiger partial charge >= 0.3 is 29.6 Å². The summed E-state index contributed by atoms with van der Waals surface area (Å²) in [5.74, 6) is -1.46. The summed E-state index contributed by atoms with van der Waals surface area (Å²) < 4.78 is 0.729. The molecule has 2 atom stereocenters. The monoisotopic (exact) mass is 506 g/mol. The van der Waals surface area contributed by atoms with Gasteiger partial charge in [-0.3, -0.25) is 14.5 Å². The van der Waals surface area contributed by atoms with E-state index in [1.807, 2.05) is 6.92 Å². The van der Waals surface area contributed by atoms with Crippen molar-refractivity contribution in [2.45, 2.75) is 29.1 Å². The van der Waals surface area contributed by atoms with E-state index in [9.17, 15) is 19.5 Å². The molecular formula is C16H15N6NaO4S4. The first-order chi connectivity index (χ1) is 14.3. The zero-order chi connectivity index (χ0) is 21.4. The number of anilines is 1. The number of hydrogen-bond acceptors (Lipinski definition) is 12. The van der Waals surface area contributed by atoms with Gasteiger partial charge in [0.2, 0.25) is 5.91 Å². The molecule has 0 radical (unpaired) electrons. The summed E-state index contributed by atoms with van der Waals surface area (Å²) in [5, 5.41) is 24.8. The zero-order valence-electron chi connectivity index (χ0n) is 16.5. The maximum absolute atomic E-state index is 12.6. The fourth-order valence-electron chi connectivity index (χ4n) is 3.06. The predicted molar refractivity (Wildman–Crippen MR) is 113 cm³/mol. The van der Waals surface area contributed by atoms with E-state index in [0.717, 1.165) is 9.35 Å². The number of aromatic nitrogens is 3. The van der Waals surface area contributed by atoms with Crippen molar-refractivity contribution in [2.24, 2.45) is 0 Å². The molecule has 10 nitrogen and oxygen atoms in total. The summed E-state index contributed by atoms with van der Waals surface area (Å²) in [6.45, 7) is 1.84. The van der Waals surface area contributed by atoms with Crippen molar-refractivity contribution in [3.05, 3.63) is 27.4 Å². The Kier molecular flexibility index (Phi) is 8.05. The van der Waals surface area contributed by atoms with Crippen molar-refractivity contribution in [2.75, 3.05) is 17.2 Å². The number of nitrogens with one attached hydrogen (secondary N) is 1. The van der Waals surface area contributed by atoms with Crippen molar-refractivity contribution >= 4 is 69.1 Å². The van der Waals surface area contributed by atoms with Gasteiger partial charge in [-0.2, -0.15) is 0 Å². The van der Waals surface area contributed by atoms with E-state index in [1.54, 1.807) is 5.38 Å². The van der Waals surface area contributed by atoms with Crippen LogP contribution in [0.3, 0.4) is 0 Å². The zero-order valence-corrected chi connectivity index (χ0v) is 21.8. The van der Waals surface area contributed by atoms with Gasteiger partial charge < -0.3 is 21.0 Å². The molecule has 0 aliphatic carbocycles. The standard InChI is InChI=1S/C16H16N6O4S4.Na/c1-6-20-21-16(30-6)29-4-7-3-27-13-10(12(24)22(13)11(7)14(25)26)19-9(23)2-8-5-28-15(17)18-8;/h5,10,13H,2-4H2,1H3,(H2,17,18)(H,19,23)(H,25,26);/q;+1/p-1/t10?,13-;/m1./s1. The first kappa shape index (κ1) is 24.5. The van der Waals surface area contributed by atoms with E-state index in [0.29, 0.717) is 27.9 Å². The smallest absolute Gasteiger partial charge is 0.543 e. The molecule has 4 rings (SSSR count). The Balaban J connectivity index is 0.00000272. The summed E-state index contributed by atoms with van der Waals surface area (Å²) >= 11 is 5.43. The van der Waals surface area contributed by atoms with Gasteiger partial charge in [0, 0.05) is 16.9 Å². The van der Waals surface area contributed by atoms with Crippen LogP contribution in [0.5, 0.6) is 0 Å². The van der Waals surface area contributed by atoms with Gasteiger partial charge in [-0.1, -0.05) is 23.1 Å². The number of carboxylic acid groups (broad SMARTS) is 1. The second-order valence-electron chi connectivity index (χ2n) is 6.42. The molecule has 15 heteroatoms. The van der Waals surface area contributed by atoms with Crippen molar-refractivity contribution in [1.29, 1.82) is 0 Å². The third kappa shape index (κ3) is 5.26. The van der Waals surface area contributed by atoms with E-state index >= 15 is 0 Å². The van der Waals surface area contributed by atoms with Crippen LogP contribution >= 0.6 is 46.2 Å². The quantitative estimate of drug-likeness (QED) is 0.221. The Morgan fingerprint density at radius 1 is 1.42 bits per heavy atom. The molecule has 158 valence electrons. The molecular weight excluding hydrogens is 491 g/mol. The molecule has 1 saturated heterocycles. The summed E-state index contributed by atoms with van der Waals surface area (Å²) in [5.41, 5.74) is 6.56. The molecule has 2 amide bonds. The number of fused-ring (bicyclic) bond motifs is 1. The van der Waals surface area contributed by atoms with Crippen LogP contribution in [0, 0.1) is 6.92 Å². The molecule has 2 aromatic heterocycles.